The van der Waals surface area contributed by atoms with Gasteiger partial charge in [0.05, 0.1) is 25.0 Å². The first-order valence-electron chi connectivity index (χ1n) is 8.23. The van der Waals surface area contributed by atoms with Crippen molar-refractivity contribution in [1.82, 2.24) is 15.3 Å². The predicted molar refractivity (Wildman–Crippen MR) is 83.1 cm³/mol. The second-order valence-corrected chi connectivity index (χ2v) is 6.64. The first-order valence-corrected chi connectivity index (χ1v) is 8.23. The minimum Gasteiger partial charge on any atom is -0.476 e. The summed E-state index contributed by atoms with van der Waals surface area (Å²) in [6.45, 7) is 2.67. The third-order valence-corrected chi connectivity index (χ3v) is 4.78. The molecule has 3 atom stereocenters. The Morgan fingerprint density at radius 2 is 1.96 bits per heavy atom. The smallest absolute Gasteiger partial charge is 0.232 e. The van der Waals surface area contributed by atoms with Crippen LogP contribution in [0.15, 0.2) is 18.6 Å². The number of rotatable bonds is 6. The third kappa shape index (κ3) is 4.38. The molecule has 3 rings (SSSR count). The van der Waals surface area contributed by atoms with E-state index in [-0.39, 0.29) is 5.41 Å². The Kier molecular flexibility index (Phi) is 5.42. The van der Waals surface area contributed by atoms with Crippen molar-refractivity contribution >= 4 is 0 Å². The van der Waals surface area contributed by atoms with Crippen LogP contribution in [0.4, 0.5) is 0 Å². The van der Waals surface area contributed by atoms with Crippen LogP contribution in [0, 0.1) is 5.41 Å². The fourth-order valence-corrected chi connectivity index (χ4v) is 3.41. The van der Waals surface area contributed by atoms with Crippen molar-refractivity contribution in [2.24, 2.45) is 5.41 Å². The van der Waals surface area contributed by atoms with Crippen molar-refractivity contribution in [3.63, 3.8) is 0 Å². The van der Waals surface area contributed by atoms with Gasteiger partial charge in [-0.15, -0.1) is 0 Å². The standard InChI is InChI=1S/C16H25N3O4/c20-13-7-16(8-14(13)21,10-19-12-1-5-22-6-2-12)11-23-15-9-17-3-4-18-15/h3-4,9,12-14,19-21H,1-2,5-8,10-11H2/t13-,14+,16?. The molecule has 3 N–H and O–H groups in total. The maximum absolute atomic E-state index is 9.99. The van der Waals surface area contributed by atoms with Crippen LogP contribution < -0.4 is 10.1 Å². The normalized spacial score (nSPS) is 32.1. The highest BCUT2D eigenvalue weighted by Gasteiger charge is 2.45. The summed E-state index contributed by atoms with van der Waals surface area (Å²) in [4.78, 5) is 8.10. The summed E-state index contributed by atoms with van der Waals surface area (Å²) < 4.78 is 11.1. The molecule has 1 aliphatic carbocycles. The molecule has 0 spiro atoms. The summed E-state index contributed by atoms with van der Waals surface area (Å²) in [7, 11) is 0. The van der Waals surface area contributed by atoms with Gasteiger partial charge in [-0.1, -0.05) is 0 Å². The SMILES string of the molecule is O[C@@H]1CC(CNC2CCOCC2)(COc2cnccn2)C[C@@H]1O. The Balaban J connectivity index is 1.60. The molecule has 128 valence electrons. The molecule has 7 nitrogen and oxygen atoms in total. The lowest BCUT2D eigenvalue weighted by molar-refractivity contribution is 0.0438. The van der Waals surface area contributed by atoms with E-state index in [1.165, 1.54) is 0 Å². The number of aliphatic hydroxyl groups is 2. The number of aliphatic hydroxyl groups excluding tert-OH is 2. The lowest BCUT2D eigenvalue weighted by atomic mass is 9.86. The van der Waals surface area contributed by atoms with Gasteiger partial charge in [0.25, 0.3) is 0 Å². The molecule has 1 saturated carbocycles. The molecule has 0 bridgehead atoms. The van der Waals surface area contributed by atoms with E-state index < -0.39 is 12.2 Å². The minimum absolute atomic E-state index is 0.297. The molecule has 23 heavy (non-hydrogen) atoms. The Morgan fingerprint density at radius 1 is 1.22 bits per heavy atom. The van der Waals surface area contributed by atoms with E-state index in [2.05, 4.69) is 15.3 Å². The highest BCUT2D eigenvalue weighted by atomic mass is 16.5. The van der Waals surface area contributed by atoms with Crippen molar-refractivity contribution in [2.45, 2.75) is 43.9 Å². The molecule has 1 aromatic rings. The monoisotopic (exact) mass is 323 g/mol. The average molecular weight is 323 g/mol. The lowest BCUT2D eigenvalue weighted by Gasteiger charge is -2.32. The lowest BCUT2D eigenvalue weighted by Crippen LogP contribution is -2.44. The summed E-state index contributed by atoms with van der Waals surface area (Å²) in [5.74, 6) is 0.467. The van der Waals surface area contributed by atoms with E-state index >= 15 is 0 Å². The quantitative estimate of drug-likeness (QED) is 0.684. The van der Waals surface area contributed by atoms with E-state index in [0.717, 1.165) is 26.1 Å². The van der Waals surface area contributed by atoms with Crippen LogP contribution in [0.25, 0.3) is 0 Å². The second kappa shape index (κ2) is 7.53. The average Bonchev–Trinajstić information content (AvgIpc) is 2.88. The molecule has 2 fully saturated rings. The van der Waals surface area contributed by atoms with Gasteiger partial charge in [-0.2, -0.15) is 0 Å². The third-order valence-electron chi connectivity index (χ3n) is 4.78. The van der Waals surface area contributed by atoms with Gasteiger partial charge in [-0.25, -0.2) is 4.98 Å². The van der Waals surface area contributed by atoms with Crippen LogP contribution >= 0.6 is 0 Å². The van der Waals surface area contributed by atoms with E-state index in [4.69, 9.17) is 9.47 Å². The van der Waals surface area contributed by atoms with E-state index in [1.807, 2.05) is 0 Å². The van der Waals surface area contributed by atoms with Gasteiger partial charge in [0, 0.05) is 43.6 Å². The van der Waals surface area contributed by atoms with E-state index in [0.29, 0.717) is 37.9 Å². The first-order chi connectivity index (χ1) is 11.2. The number of hydrogen-bond acceptors (Lipinski definition) is 7. The largest absolute Gasteiger partial charge is 0.476 e. The Labute approximate surface area is 136 Å². The number of nitrogens with zero attached hydrogens (tertiary/aromatic N) is 2. The topological polar surface area (TPSA) is 96.7 Å². The zero-order valence-electron chi connectivity index (χ0n) is 13.2. The Morgan fingerprint density at radius 3 is 2.61 bits per heavy atom. The molecule has 0 amide bonds. The molecule has 1 aliphatic heterocycles. The zero-order valence-corrected chi connectivity index (χ0v) is 13.2. The Hall–Kier alpha value is -1.28. The van der Waals surface area contributed by atoms with Gasteiger partial charge < -0.3 is 25.0 Å². The minimum atomic E-state index is -0.697. The highest BCUT2D eigenvalue weighted by Crippen LogP contribution is 2.38. The van der Waals surface area contributed by atoms with Crippen LogP contribution in [0.3, 0.4) is 0 Å². The number of ether oxygens (including phenoxy) is 2. The van der Waals surface area contributed by atoms with Gasteiger partial charge in [-0.05, 0) is 25.7 Å². The second-order valence-electron chi connectivity index (χ2n) is 6.64. The van der Waals surface area contributed by atoms with Crippen molar-refractivity contribution in [1.29, 1.82) is 0 Å². The summed E-state index contributed by atoms with van der Waals surface area (Å²) >= 11 is 0. The molecule has 1 unspecified atom stereocenters. The molecular weight excluding hydrogens is 298 g/mol. The van der Waals surface area contributed by atoms with Crippen molar-refractivity contribution in [2.75, 3.05) is 26.4 Å². The highest BCUT2D eigenvalue weighted by molar-refractivity contribution is 5.04. The molecular formula is C16H25N3O4. The van der Waals surface area contributed by atoms with Crippen LogP contribution in [0.2, 0.25) is 0 Å². The van der Waals surface area contributed by atoms with Crippen LogP contribution in [-0.2, 0) is 4.74 Å². The number of nitrogens with one attached hydrogen (secondary N) is 1. The molecule has 2 heterocycles. The van der Waals surface area contributed by atoms with Crippen molar-refractivity contribution in [3.8, 4) is 5.88 Å². The molecule has 0 radical (unpaired) electrons. The predicted octanol–water partition coefficient (Wildman–Crippen LogP) is 0.126. The van der Waals surface area contributed by atoms with Gasteiger partial charge in [0.15, 0.2) is 0 Å². The first kappa shape index (κ1) is 16.6. The van der Waals surface area contributed by atoms with E-state index in [1.54, 1.807) is 18.6 Å². The molecule has 2 aliphatic rings. The van der Waals surface area contributed by atoms with Crippen LogP contribution in [0.5, 0.6) is 5.88 Å². The molecule has 1 aromatic heterocycles. The molecule has 1 saturated heterocycles. The van der Waals surface area contributed by atoms with Gasteiger partial charge >= 0.3 is 0 Å². The summed E-state index contributed by atoms with van der Waals surface area (Å²) in [5, 5.41) is 23.5. The summed E-state index contributed by atoms with van der Waals surface area (Å²) in [6, 6.07) is 0.423. The maximum atomic E-state index is 9.99. The van der Waals surface area contributed by atoms with Gasteiger partial charge in [0.1, 0.15) is 0 Å². The fourth-order valence-electron chi connectivity index (χ4n) is 3.41. The summed E-state index contributed by atoms with van der Waals surface area (Å²) in [5.41, 5.74) is -0.297. The molecule has 7 heteroatoms. The Bertz CT molecular complexity index is 471. The number of aromatic nitrogens is 2. The van der Waals surface area contributed by atoms with Gasteiger partial charge in [0.2, 0.25) is 5.88 Å². The van der Waals surface area contributed by atoms with Gasteiger partial charge in [-0.3, -0.25) is 4.98 Å². The summed E-state index contributed by atoms with van der Waals surface area (Å²) in [6.07, 6.45) is 6.38. The maximum Gasteiger partial charge on any atom is 0.232 e. The van der Waals surface area contributed by atoms with E-state index in [9.17, 15) is 10.2 Å². The number of hydrogen-bond donors (Lipinski definition) is 3. The van der Waals surface area contributed by atoms with Crippen LogP contribution in [0.1, 0.15) is 25.7 Å². The van der Waals surface area contributed by atoms with Crippen molar-refractivity contribution in [3.05, 3.63) is 18.6 Å². The van der Waals surface area contributed by atoms with Crippen molar-refractivity contribution < 1.29 is 19.7 Å². The van der Waals surface area contributed by atoms with Crippen LogP contribution in [-0.4, -0.2) is 64.8 Å². The molecule has 0 aromatic carbocycles. The fraction of sp³-hybridized carbons (Fsp3) is 0.750. The zero-order chi connectivity index (χ0) is 16.1.